The molecule has 1 aromatic heterocycles. The molecule has 0 saturated heterocycles. The fourth-order valence-electron chi connectivity index (χ4n) is 0.379. The van der Waals surface area contributed by atoms with Gasteiger partial charge in [0.15, 0.2) is 0 Å². The molecule has 5 nitrogen and oxygen atoms in total. The minimum Gasteiger partial charge on any atom is -0.259 e. The van der Waals surface area contributed by atoms with Gasteiger partial charge in [-0.25, -0.2) is 0 Å². The molecule has 0 radical (unpaired) electrons. The van der Waals surface area contributed by atoms with Gasteiger partial charge in [-0.3, -0.25) is 10.1 Å². The third-order valence-corrected chi connectivity index (χ3v) is 1.37. The van der Waals surface area contributed by atoms with E-state index in [0.29, 0.717) is 5.01 Å². The van der Waals surface area contributed by atoms with Crippen LogP contribution in [0.2, 0.25) is 0 Å². The molecule has 0 aliphatic rings. The number of hydrogen-bond donors (Lipinski definition) is 0. The first-order chi connectivity index (χ1) is 4.79. The predicted octanol–water partition coefficient (Wildman–Crippen LogP) is 0.785. The van der Waals surface area contributed by atoms with Crippen molar-refractivity contribution >= 4 is 17.4 Å². The summed E-state index contributed by atoms with van der Waals surface area (Å²) in [4.78, 5) is 9.23. The summed E-state index contributed by atoms with van der Waals surface area (Å²) in [6.45, 7) is 0. The summed E-state index contributed by atoms with van der Waals surface area (Å²) in [6.07, 6.45) is 2.14. The molecule has 0 atom stereocenters. The van der Waals surface area contributed by atoms with E-state index in [0.717, 1.165) is 6.20 Å². The maximum atomic E-state index is 9.77. The lowest BCUT2D eigenvalue weighted by Gasteiger charge is -1.75. The molecular weight excluding hydrogens is 154 g/mol. The van der Waals surface area contributed by atoms with E-state index in [1.165, 1.54) is 22.9 Å². The zero-order valence-electron chi connectivity index (χ0n) is 4.80. The molecule has 1 rings (SSSR count). The molecule has 0 bridgehead atoms. The molecule has 10 heavy (non-hydrogen) atoms. The van der Waals surface area contributed by atoms with E-state index < -0.39 is 4.92 Å². The Labute approximate surface area is 60.2 Å². The zero-order valence-corrected chi connectivity index (χ0v) is 5.61. The van der Waals surface area contributed by atoms with Crippen molar-refractivity contribution < 1.29 is 4.92 Å². The smallest absolute Gasteiger partial charge is 0.237 e. The summed E-state index contributed by atoms with van der Waals surface area (Å²) in [5, 5.41) is 17.4. The first kappa shape index (κ1) is 6.81. The minimum atomic E-state index is -0.540. The summed E-state index contributed by atoms with van der Waals surface area (Å²) in [7, 11) is 0. The maximum Gasteiger partial charge on any atom is 0.237 e. The van der Waals surface area contributed by atoms with Gasteiger partial charge in [0.05, 0.1) is 4.92 Å². The van der Waals surface area contributed by atoms with Gasteiger partial charge in [0, 0.05) is 6.08 Å². The topological polar surface area (TPSA) is 68.9 Å². The van der Waals surface area contributed by atoms with Gasteiger partial charge < -0.3 is 0 Å². The Hall–Kier alpha value is -1.30. The molecule has 0 N–H and O–H groups in total. The van der Waals surface area contributed by atoms with Crippen molar-refractivity contribution in [2.24, 2.45) is 0 Å². The average Bonchev–Trinajstić information content (AvgIpc) is 2.34. The van der Waals surface area contributed by atoms with E-state index in [1.54, 1.807) is 0 Å². The van der Waals surface area contributed by atoms with Crippen molar-refractivity contribution in [2.45, 2.75) is 0 Å². The molecule has 6 heteroatoms. The third kappa shape index (κ3) is 1.90. The second-order valence-electron chi connectivity index (χ2n) is 1.38. The lowest BCUT2D eigenvalue weighted by Crippen LogP contribution is -1.81. The fourth-order valence-corrected chi connectivity index (χ4v) is 0.815. The largest absolute Gasteiger partial charge is 0.259 e. The van der Waals surface area contributed by atoms with E-state index >= 15 is 0 Å². The highest BCUT2D eigenvalue weighted by Gasteiger charge is 1.91. The van der Waals surface area contributed by atoms with Gasteiger partial charge in [-0.15, -0.1) is 21.5 Å². The zero-order chi connectivity index (χ0) is 7.40. The molecule has 0 fully saturated rings. The van der Waals surface area contributed by atoms with Crippen LogP contribution in [0.3, 0.4) is 0 Å². The van der Waals surface area contributed by atoms with Crippen LogP contribution in [0.5, 0.6) is 0 Å². The van der Waals surface area contributed by atoms with E-state index in [-0.39, 0.29) is 0 Å². The summed E-state index contributed by atoms with van der Waals surface area (Å²) < 4.78 is 0. The first-order valence-corrected chi connectivity index (χ1v) is 3.25. The van der Waals surface area contributed by atoms with Crippen LogP contribution in [-0.2, 0) is 0 Å². The van der Waals surface area contributed by atoms with Crippen molar-refractivity contribution in [3.8, 4) is 0 Å². The number of hydrogen-bond acceptors (Lipinski definition) is 5. The summed E-state index contributed by atoms with van der Waals surface area (Å²) >= 11 is 1.25. The van der Waals surface area contributed by atoms with Gasteiger partial charge in [-0.05, 0) is 0 Å². The fraction of sp³-hybridized carbons (Fsp3) is 0. The second kappa shape index (κ2) is 3.02. The molecule has 0 unspecified atom stereocenters. The highest BCUT2D eigenvalue weighted by molar-refractivity contribution is 7.10. The van der Waals surface area contributed by atoms with Crippen LogP contribution < -0.4 is 0 Å². The van der Waals surface area contributed by atoms with Gasteiger partial charge in [0.1, 0.15) is 10.5 Å². The Morgan fingerprint density at radius 2 is 2.60 bits per heavy atom. The molecule has 1 heterocycles. The van der Waals surface area contributed by atoms with Crippen molar-refractivity contribution in [2.75, 3.05) is 0 Å². The van der Waals surface area contributed by atoms with Crippen molar-refractivity contribution in [1.82, 2.24) is 10.2 Å². The van der Waals surface area contributed by atoms with Crippen LogP contribution in [0.1, 0.15) is 5.01 Å². The SMILES string of the molecule is O=[N+]([O-])/C=C/c1nncs1. The predicted molar refractivity (Wildman–Crippen MR) is 35.9 cm³/mol. The van der Waals surface area contributed by atoms with Gasteiger partial charge in [-0.1, -0.05) is 0 Å². The van der Waals surface area contributed by atoms with Crippen LogP contribution in [-0.4, -0.2) is 15.1 Å². The Balaban J connectivity index is 2.64. The highest BCUT2D eigenvalue weighted by atomic mass is 32.1. The summed E-state index contributed by atoms with van der Waals surface area (Å²) in [5.74, 6) is 0. The highest BCUT2D eigenvalue weighted by Crippen LogP contribution is 2.02. The molecule has 1 aromatic rings. The Morgan fingerprint density at radius 1 is 1.80 bits per heavy atom. The maximum absolute atomic E-state index is 9.77. The molecule has 0 aliphatic heterocycles. The van der Waals surface area contributed by atoms with Gasteiger partial charge in [0.25, 0.3) is 0 Å². The van der Waals surface area contributed by atoms with Crippen LogP contribution >= 0.6 is 11.3 Å². The standard InChI is InChI=1S/C4H3N3O2S/c8-7(9)2-1-4-6-5-3-10-4/h1-3H/b2-1+. The Morgan fingerprint density at radius 3 is 3.10 bits per heavy atom. The normalized spacial score (nSPS) is 10.4. The molecule has 0 aliphatic carbocycles. The van der Waals surface area contributed by atoms with Crippen molar-refractivity contribution in [3.63, 3.8) is 0 Å². The molecule has 0 aromatic carbocycles. The first-order valence-electron chi connectivity index (χ1n) is 2.37. The van der Waals surface area contributed by atoms with Gasteiger partial charge in [-0.2, -0.15) is 0 Å². The second-order valence-corrected chi connectivity index (χ2v) is 2.24. The van der Waals surface area contributed by atoms with Crippen LogP contribution in [0.4, 0.5) is 0 Å². The van der Waals surface area contributed by atoms with Gasteiger partial charge in [0.2, 0.25) is 6.20 Å². The van der Waals surface area contributed by atoms with Crippen molar-refractivity contribution in [1.29, 1.82) is 0 Å². The average molecular weight is 157 g/mol. The lowest BCUT2D eigenvalue weighted by atomic mass is 10.6. The van der Waals surface area contributed by atoms with Crippen molar-refractivity contribution in [3.05, 3.63) is 26.8 Å². The summed E-state index contributed by atoms with van der Waals surface area (Å²) in [6, 6.07) is 0. The van der Waals surface area contributed by atoms with E-state index in [1.807, 2.05) is 0 Å². The monoisotopic (exact) mass is 157 g/mol. The van der Waals surface area contributed by atoms with E-state index in [2.05, 4.69) is 10.2 Å². The van der Waals surface area contributed by atoms with Crippen LogP contribution in [0.25, 0.3) is 6.08 Å². The molecule has 52 valence electrons. The van der Waals surface area contributed by atoms with Crippen LogP contribution in [0.15, 0.2) is 11.7 Å². The number of rotatable bonds is 2. The van der Waals surface area contributed by atoms with E-state index in [9.17, 15) is 10.1 Å². The Kier molecular flexibility index (Phi) is 2.06. The van der Waals surface area contributed by atoms with E-state index in [4.69, 9.17) is 0 Å². The number of nitrogens with zero attached hydrogens (tertiary/aromatic N) is 3. The lowest BCUT2D eigenvalue weighted by molar-refractivity contribution is -0.400. The minimum absolute atomic E-state index is 0.539. The number of nitro groups is 1. The van der Waals surface area contributed by atoms with Crippen LogP contribution in [0, 0.1) is 10.1 Å². The molecular formula is C4H3N3O2S. The summed E-state index contributed by atoms with van der Waals surface area (Å²) in [5.41, 5.74) is 1.51. The quantitative estimate of drug-likeness (QED) is 0.470. The Bertz CT molecular complexity index is 243. The number of aromatic nitrogens is 2. The molecule has 0 spiro atoms. The molecule has 0 amide bonds. The third-order valence-electron chi connectivity index (χ3n) is 0.716. The molecule has 0 saturated carbocycles. The van der Waals surface area contributed by atoms with Gasteiger partial charge >= 0.3 is 0 Å².